The van der Waals surface area contributed by atoms with Crippen molar-refractivity contribution >= 4 is 22.2 Å². The van der Waals surface area contributed by atoms with Crippen molar-refractivity contribution in [3.8, 4) is 11.5 Å². The fourth-order valence-corrected chi connectivity index (χ4v) is 6.32. The number of aldehydes is 1. The highest BCUT2D eigenvalue weighted by molar-refractivity contribution is 9.10. The van der Waals surface area contributed by atoms with Crippen LogP contribution in [0.3, 0.4) is 0 Å². The van der Waals surface area contributed by atoms with E-state index < -0.39 is 0 Å². The molecular formula is C45H59BrO3. The fourth-order valence-electron chi connectivity index (χ4n) is 5.96. The predicted octanol–water partition coefficient (Wildman–Crippen LogP) is 13.6. The first-order chi connectivity index (χ1) is 23.6. The van der Waals surface area contributed by atoms with Gasteiger partial charge in [-0.1, -0.05) is 166 Å². The zero-order valence-electron chi connectivity index (χ0n) is 30.9. The zero-order chi connectivity index (χ0) is 35.5. The molecule has 0 fully saturated rings. The van der Waals surface area contributed by atoms with Crippen molar-refractivity contribution in [1.82, 2.24) is 0 Å². The van der Waals surface area contributed by atoms with E-state index in [2.05, 4.69) is 93.9 Å². The van der Waals surface area contributed by atoms with Gasteiger partial charge >= 0.3 is 0 Å². The van der Waals surface area contributed by atoms with E-state index in [0.29, 0.717) is 24.5 Å². The second kappa shape index (κ2) is 21.0. The number of hydrogen-bond acceptors (Lipinski definition) is 3. The fraction of sp³-hybridized carbons (Fsp3) is 0.444. The van der Waals surface area contributed by atoms with Crippen LogP contribution in [-0.2, 0) is 24.0 Å². The Bertz CT molecular complexity index is 1510. The van der Waals surface area contributed by atoms with Gasteiger partial charge in [0.05, 0.1) is 10.0 Å². The van der Waals surface area contributed by atoms with Gasteiger partial charge in [0.15, 0.2) is 6.29 Å². The summed E-state index contributed by atoms with van der Waals surface area (Å²) in [5, 5.41) is 0. The van der Waals surface area contributed by atoms with Gasteiger partial charge in [0.25, 0.3) is 0 Å². The number of carbonyl (C=O) groups is 1. The van der Waals surface area contributed by atoms with Gasteiger partial charge in [-0.15, -0.1) is 0 Å². The summed E-state index contributed by atoms with van der Waals surface area (Å²) in [5.41, 5.74) is 5.75. The molecule has 264 valence electrons. The van der Waals surface area contributed by atoms with E-state index in [-0.39, 0.29) is 10.8 Å². The van der Waals surface area contributed by atoms with Crippen LogP contribution >= 0.6 is 15.9 Å². The van der Waals surface area contributed by atoms with Gasteiger partial charge in [-0.25, -0.2) is 0 Å². The molecule has 0 aliphatic carbocycles. The molecule has 0 unspecified atom stereocenters. The number of rotatable bonds is 19. The van der Waals surface area contributed by atoms with E-state index in [1.54, 1.807) is 0 Å². The van der Waals surface area contributed by atoms with Crippen molar-refractivity contribution in [1.29, 1.82) is 0 Å². The quantitative estimate of drug-likeness (QED) is 0.0713. The van der Waals surface area contributed by atoms with E-state index in [1.807, 2.05) is 60.7 Å². The maximum Gasteiger partial charge on any atom is 0.153 e. The molecule has 4 rings (SSSR count). The molecule has 4 aromatic rings. The average Bonchev–Trinajstić information content (AvgIpc) is 3.11. The SMILES string of the molecule is CCCCCCC(C)(C)c1ccc(Br)c(OCc2ccccc2)c1.CCCCCCC(C)(C)c1ccc(C=O)c(OCc2ccccc2)c1. The molecule has 3 nitrogen and oxygen atoms in total. The topological polar surface area (TPSA) is 35.5 Å². The summed E-state index contributed by atoms with van der Waals surface area (Å²) in [6.45, 7) is 14.8. The lowest BCUT2D eigenvalue weighted by molar-refractivity contribution is 0.111. The third kappa shape index (κ3) is 13.8. The minimum Gasteiger partial charge on any atom is -0.488 e. The normalized spacial score (nSPS) is 11.4. The largest absolute Gasteiger partial charge is 0.488 e. The van der Waals surface area contributed by atoms with Crippen LogP contribution in [0.2, 0.25) is 0 Å². The molecule has 4 aromatic carbocycles. The standard InChI is InChI=1S/C23H30O2.C22H29BrO/c1-4-5-6-10-15-23(2,3)21-14-13-20(17-24)22(16-21)25-18-19-11-8-7-9-12-19;1-4-5-6-10-15-22(2,3)19-13-14-20(23)21(16-19)24-17-18-11-8-7-9-12-18/h7-9,11-14,16-17H,4-6,10,15,18H2,1-3H3;7-9,11-14,16H,4-6,10,15,17H2,1-3H3. The maximum atomic E-state index is 11.4. The Labute approximate surface area is 306 Å². The summed E-state index contributed by atoms with van der Waals surface area (Å²) >= 11 is 3.62. The van der Waals surface area contributed by atoms with Crippen molar-refractivity contribution in [3.05, 3.63) is 129 Å². The van der Waals surface area contributed by atoms with Gasteiger partial charge in [-0.05, 0) is 86.1 Å². The smallest absolute Gasteiger partial charge is 0.153 e. The molecule has 0 heterocycles. The minimum absolute atomic E-state index is 0.0833. The molecule has 0 saturated heterocycles. The Balaban J connectivity index is 0.000000266. The Morgan fingerprint density at radius 1 is 0.571 bits per heavy atom. The summed E-state index contributed by atoms with van der Waals surface area (Å²) in [6.07, 6.45) is 13.5. The lowest BCUT2D eigenvalue weighted by Gasteiger charge is -2.26. The molecular weight excluding hydrogens is 668 g/mol. The van der Waals surface area contributed by atoms with Crippen LogP contribution in [0.4, 0.5) is 0 Å². The van der Waals surface area contributed by atoms with Crippen LogP contribution in [0.1, 0.15) is 138 Å². The first kappa shape index (κ1) is 40.1. The highest BCUT2D eigenvalue weighted by atomic mass is 79.9. The second-order valence-electron chi connectivity index (χ2n) is 14.5. The number of hydrogen-bond donors (Lipinski definition) is 0. The summed E-state index contributed by atoms with van der Waals surface area (Å²) in [7, 11) is 0. The third-order valence-corrected chi connectivity index (χ3v) is 10.1. The average molecular weight is 728 g/mol. The van der Waals surface area contributed by atoms with Gasteiger partial charge < -0.3 is 9.47 Å². The molecule has 0 aliphatic rings. The summed E-state index contributed by atoms with van der Waals surface area (Å²) in [5.74, 6) is 1.61. The van der Waals surface area contributed by atoms with Crippen LogP contribution in [0.5, 0.6) is 11.5 Å². The van der Waals surface area contributed by atoms with Gasteiger partial charge in [0.2, 0.25) is 0 Å². The van der Waals surface area contributed by atoms with Gasteiger partial charge in [0, 0.05) is 0 Å². The van der Waals surface area contributed by atoms with Gasteiger partial charge in [0.1, 0.15) is 24.7 Å². The van der Waals surface area contributed by atoms with Crippen LogP contribution in [-0.4, -0.2) is 6.29 Å². The van der Waals surface area contributed by atoms with Crippen molar-refractivity contribution in [2.75, 3.05) is 0 Å². The molecule has 0 bridgehead atoms. The Kier molecular flexibility index (Phi) is 17.2. The lowest BCUT2D eigenvalue weighted by Crippen LogP contribution is -2.17. The van der Waals surface area contributed by atoms with E-state index >= 15 is 0 Å². The lowest BCUT2D eigenvalue weighted by atomic mass is 9.79. The third-order valence-electron chi connectivity index (χ3n) is 9.42. The van der Waals surface area contributed by atoms with Crippen molar-refractivity contribution < 1.29 is 14.3 Å². The van der Waals surface area contributed by atoms with E-state index in [9.17, 15) is 4.79 Å². The molecule has 0 spiro atoms. The summed E-state index contributed by atoms with van der Waals surface area (Å²) in [4.78, 5) is 11.4. The number of halogens is 1. The highest BCUT2D eigenvalue weighted by Gasteiger charge is 2.22. The van der Waals surface area contributed by atoms with Crippen molar-refractivity contribution in [2.45, 2.75) is 130 Å². The van der Waals surface area contributed by atoms with Crippen LogP contribution in [0.25, 0.3) is 0 Å². The summed E-state index contributed by atoms with van der Waals surface area (Å²) in [6, 6.07) is 32.9. The number of unbranched alkanes of at least 4 members (excludes halogenated alkanes) is 6. The van der Waals surface area contributed by atoms with Crippen molar-refractivity contribution in [2.24, 2.45) is 0 Å². The molecule has 49 heavy (non-hydrogen) atoms. The van der Waals surface area contributed by atoms with Crippen LogP contribution in [0, 0.1) is 0 Å². The molecule has 0 atom stereocenters. The number of ether oxygens (including phenoxy) is 2. The maximum absolute atomic E-state index is 11.4. The van der Waals surface area contributed by atoms with Crippen LogP contribution in [0.15, 0.2) is 102 Å². The molecule has 0 radical (unpaired) electrons. The Morgan fingerprint density at radius 2 is 1.02 bits per heavy atom. The Hall–Kier alpha value is -3.37. The molecule has 4 heteroatoms. The first-order valence-electron chi connectivity index (χ1n) is 18.3. The molecule has 0 aromatic heterocycles. The van der Waals surface area contributed by atoms with E-state index in [0.717, 1.165) is 28.5 Å². The van der Waals surface area contributed by atoms with Gasteiger partial charge in [-0.3, -0.25) is 4.79 Å². The van der Waals surface area contributed by atoms with E-state index in [1.165, 1.54) is 74.5 Å². The minimum atomic E-state index is 0.0833. The molecule has 0 aliphatic heterocycles. The van der Waals surface area contributed by atoms with Crippen LogP contribution < -0.4 is 9.47 Å². The number of carbonyl (C=O) groups excluding carboxylic acids is 1. The molecule has 0 saturated carbocycles. The monoisotopic (exact) mass is 726 g/mol. The van der Waals surface area contributed by atoms with Gasteiger partial charge in [-0.2, -0.15) is 0 Å². The predicted molar refractivity (Wildman–Crippen MR) is 211 cm³/mol. The highest BCUT2D eigenvalue weighted by Crippen LogP contribution is 2.36. The zero-order valence-corrected chi connectivity index (χ0v) is 32.5. The Morgan fingerprint density at radius 3 is 1.49 bits per heavy atom. The number of benzene rings is 4. The molecule has 0 amide bonds. The van der Waals surface area contributed by atoms with E-state index in [4.69, 9.17) is 9.47 Å². The first-order valence-corrected chi connectivity index (χ1v) is 19.1. The molecule has 0 N–H and O–H groups in total. The summed E-state index contributed by atoms with van der Waals surface area (Å²) < 4.78 is 13.0. The van der Waals surface area contributed by atoms with Crippen molar-refractivity contribution in [3.63, 3.8) is 0 Å². The second-order valence-corrected chi connectivity index (χ2v) is 15.3.